The lowest BCUT2D eigenvalue weighted by molar-refractivity contribution is -0.145. The van der Waals surface area contributed by atoms with Crippen LogP contribution in [-0.4, -0.2) is 47.7 Å². The minimum Gasteiger partial charge on any atom is -0.481 e. The molecule has 0 aliphatic carbocycles. The number of carbonyl (C=O) groups excluding carboxylic acids is 1. The van der Waals surface area contributed by atoms with E-state index in [1.807, 2.05) is 0 Å². The first-order valence-corrected chi connectivity index (χ1v) is 6.26. The summed E-state index contributed by atoms with van der Waals surface area (Å²) in [6.45, 7) is 2.04. The van der Waals surface area contributed by atoms with E-state index in [-0.39, 0.29) is 24.3 Å². The van der Waals surface area contributed by atoms with Gasteiger partial charge in [-0.05, 0) is 19.3 Å². The van der Waals surface area contributed by atoms with E-state index < -0.39 is 5.97 Å². The molecule has 1 atom stereocenters. The fraction of sp³-hybridized carbons (Fsp3) is 0.833. The summed E-state index contributed by atoms with van der Waals surface area (Å²) in [6, 6.07) is 0. The van der Waals surface area contributed by atoms with Crippen LogP contribution in [-0.2, 0) is 14.3 Å². The lowest BCUT2D eigenvalue weighted by atomic mass is 9.95. The number of rotatable bonds is 5. The van der Waals surface area contributed by atoms with Gasteiger partial charge in [0.15, 0.2) is 0 Å². The van der Waals surface area contributed by atoms with Gasteiger partial charge >= 0.3 is 5.97 Å². The topological polar surface area (TPSA) is 66.8 Å². The number of hydrogen-bond acceptors (Lipinski definition) is 3. The number of ether oxygens (including phenoxy) is 1. The van der Waals surface area contributed by atoms with E-state index in [1.54, 1.807) is 4.90 Å². The van der Waals surface area contributed by atoms with Crippen molar-refractivity contribution in [2.75, 3.05) is 19.7 Å². The van der Waals surface area contributed by atoms with E-state index in [9.17, 15) is 9.59 Å². The van der Waals surface area contributed by atoms with Crippen LogP contribution in [0.25, 0.3) is 0 Å². The van der Waals surface area contributed by atoms with E-state index in [1.165, 1.54) is 0 Å². The monoisotopic (exact) mass is 241 g/mol. The number of carbonyl (C=O) groups is 2. The molecule has 0 bridgehead atoms. The molecule has 5 nitrogen and oxygen atoms in total. The molecule has 0 spiro atoms. The normalized spacial score (nSPS) is 24.7. The maximum Gasteiger partial charge on any atom is 0.303 e. The average molecular weight is 241 g/mol. The van der Waals surface area contributed by atoms with E-state index in [0.717, 1.165) is 25.9 Å². The van der Waals surface area contributed by atoms with Crippen LogP contribution >= 0.6 is 0 Å². The summed E-state index contributed by atoms with van der Waals surface area (Å²) in [5, 5.41) is 8.60. The first kappa shape index (κ1) is 12.4. The van der Waals surface area contributed by atoms with Crippen molar-refractivity contribution in [2.24, 2.45) is 5.92 Å². The van der Waals surface area contributed by atoms with E-state index >= 15 is 0 Å². The molecule has 2 rings (SSSR count). The van der Waals surface area contributed by atoms with Gasteiger partial charge in [-0.2, -0.15) is 0 Å². The lowest BCUT2D eigenvalue weighted by Gasteiger charge is -2.38. The summed E-state index contributed by atoms with van der Waals surface area (Å²) in [7, 11) is 0. The highest BCUT2D eigenvalue weighted by Crippen LogP contribution is 2.22. The van der Waals surface area contributed by atoms with Crippen molar-refractivity contribution in [3.05, 3.63) is 0 Å². The molecule has 5 heteroatoms. The molecule has 0 saturated carbocycles. The van der Waals surface area contributed by atoms with Crippen molar-refractivity contribution in [3.8, 4) is 0 Å². The minimum absolute atomic E-state index is 0.141. The predicted octanol–water partition coefficient (Wildman–Crippen LogP) is 0.879. The molecular formula is C12H19NO4. The lowest BCUT2D eigenvalue weighted by Crippen LogP contribution is -2.50. The molecule has 2 aliphatic heterocycles. The Hall–Kier alpha value is -1.10. The highest BCUT2D eigenvalue weighted by atomic mass is 16.5. The fourth-order valence-corrected chi connectivity index (χ4v) is 2.46. The number of likely N-dealkylation sites (tertiary alicyclic amines) is 1. The Morgan fingerprint density at radius 2 is 2.12 bits per heavy atom. The molecule has 0 aromatic rings. The smallest absolute Gasteiger partial charge is 0.303 e. The Balaban J connectivity index is 1.60. The van der Waals surface area contributed by atoms with Crippen LogP contribution in [0.15, 0.2) is 0 Å². The van der Waals surface area contributed by atoms with Crippen molar-refractivity contribution in [2.45, 2.75) is 38.2 Å². The largest absolute Gasteiger partial charge is 0.481 e. The molecule has 2 heterocycles. The molecule has 2 saturated heterocycles. The van der Waals surface area contributed by atoms with Crippen LogP contribution in [0.2, 0.25) is 0 Å². The standard InChI is InChI=1S/C12H19NO4/c14-11(4-3-10-2-1-5-17-10)13-7-9(8-13)6-12(15)16/h9-10H,1-8H2,(H,15,16). The molecule has 0 aromatic heterocycles. The predicted molar refractivity (Wildman–Crippen MR) is 60.5 cm³/mol. The van der Waals surface area contributed by atoms with Crippen molar-refractivity contribution >= 4 is 11.9 Å². The molecule has 17 heavy (non-hydrogen) atoms. The van der Waals surface area contributed by atoms with Crippen LogP contribution in [0.3, 0.4) is 0 Å². The SMILES string of the molecule is O=C(O)CC1CN(C(=O)CCC2CCCO2)C1. The Morgan fingerprint density at radius 3 is 2.71 bits per heavy atom. The zero-order valence-electron chi connectivity index (χ0n) is 9.93. The van der Waals surface area contributed by atoms with Gasteiger partial charge in [-0.3, -0.25) is 9.59 Å². The summed E-state index contributed by atoms with van der Waals surface area (Å²) in [6.07, 6.45) is 3.94. The summed E-state index contributed by atoms with van der Waals surface area (Å²) in [4.78, 5) is 23.9. The van der Waals surface area contributed by atoms with Crippen LogP contribution in [0.4, 0.5) is 0 Å². The first-order chi connectivity index (χ1) is 8.15. The number of amides is 1. The summed E-state index contributed by atoms with van der Waals surface area (Å²) in [5.74, 6) is -0.484. The van der Waals surface area contributed by atoms with Crippen molar-refractivity contribution in [1.29, 1.82) is 0 Å². The number of aliphatic carboxylic acids is 1. The first-order valence-electron chi connectivity index (χ1n) is 6.26. The number of hydrogen-bond donors (Lipinski definition) is 1. The molecule has 96 valence electrons. The summed E-state index contributed by atoms with van der Waals surface area (Å²) < 4.78 is 5.46. The third-order valence-corrected chi connectivity index (χ3v) is 3.48. The molecule has 0 radical (unpaired) electrons. The zero-order chi connectivity index (χ0) is 12.3. The Kier molecular flexibility index (Phi) is 3.99. The average Bonchev–Trinajstić information content (AvgIpc) is 2.71. The maximum atomic E-state index is 11.7. The molecule has 0 aromatic carbocycles. The molecule has 1 amide bonds. The third-order valence-electron chi connectivity index (χ3n) is 3.48. The molecular weight excluding hydrogens is 222 g/mol. The minimum atomic E-state index is -0.776. The highest BCUT2D eigenvalue weighted by molar-refractivity contribution is 5.77. The second-order valence-electron chi connectivity index (χ2n) is 4.94. The third kappa shape index (κ3) is 3.43. The van der Waals surface area contributed by atoms with E-state index in [2.05, 4.69) is 0 Å². The number of nitrogens with zero attached hydrogens (tertiary/aromatic N) is 1. The van der Waals surface area contributed by atoms with Gasteiger partial charge in [-0.25, -0.2) is 0 Å². The van der Waals surface area contributed by atoms with Gasteiger partial charge in [0.1, 0.15) is 0 Å². The second kappa shape index (κ2) is 5.49. The number of carboxylic acid groups (broad SMARTS) is 1. The Morgan fingerprint density at radius 1 is 1.35 bits per heavy atom. The summed E-state index contributed by atoms with van der Waals surface area (Å²) >= 11 is 0. The maximum absolute atomic E-state index is 11.7. The second-order valence-corrected chi connectivity index (χ2v) is 4.94. The van der Waals surface area contributed by atoms with Crippen molar-refractivity contribution < 1.29 is 19.4 Å². The molecule has 1 N–H and O–H groups in total. The Bertz CT molecular complexity index is 293. The van der Waals surface area contributed by atoms with Gasteiger partial charge in [0, 0.05) is 32.0 Å². The highest BCUT2D eigenvalue weighted by Gasteiger charge is 2.32. The van der Waals surface area contributed by atoms with Crippen molar-refractivity contribution in [1.82, 2.24) is 4.90 Å². The molecule has 2 fully saturated rings. The Labute approximate surface area is 101 Å². The van der Waals surface area contributed by atoms with Gasteiger partial charge in [-0.15, -0.1) is 0 Å². The molecule has 2 aliphatic rings. The summed E-state index contributed by atoms with van der Waals surface area (Å²) in [5.41, 5.74) is 0. The number of carboxylic acids is 1. The van der Waals surface area contributed by atoms with Crippen LogP contribution in [0.1, 0.15) is 32.1 Å². The van der Waals surface area contributed by atoms with Crippen LogP contribution < -0.4 is 0 Å². The van der Waals surface area contributed by atoms with Gasteiger partial charge in [0.05, 0.1) is 12.5 Å². The van der Waals surface area contributed by atoms with Gasteiger partial charge < -0.3 is 14.7 Å². The van der Waals surface area contributed by atoms with Gasteiger partial charge in [-0.1, -0.05) is 0 Å². The van der Waals surface area contributed by atoms with E-state index in [4.69, 9.17) is 9.84 Å². The van der Waals surface area contributed by atoms with Crippen molar-refractivity contribution in [3.63, 3.8) is 0 Å². The van der Waals surface area contributed by atoms with Gasteiger partial charge in [0.25, 0.3) is 0 Å². The fourth-order valence-electron chi connectivity index (χ4n) is 2.46. The van der Waals surface area contributed by atoms with E-state index in [0.29, 0.717) is 19.5 Å². The van der Waals surface area contributed by atoms with Crippen LogP contribution in [0, 0.1) is 5.92 Å². The quantitative estimate of drug-likeness (QED) is 0.776. The van der Waals surface area contributed by atoms with Crippen LogP contribution in [0.5, 0.6) is 0 Å². The molecule has 1 unspecified atom stereocenters. The van der Waals surface area contributed by atoms with Gasteiger partial charge in [0.2, 0.25) is 5.91 Å². The zero-order valence-corrected chi connectivity index (χ0v) is 9.93.